The zero-order chi connectivity index (χ0) is 27.3. The summed E-state index contributed by atoms with van der Waals surface area (Å²) in [5.41, 5.74) is 1.15. The Hall–Kier alpha value is -3.98. The molecule has 6 nitrogen and oxygen atoms in total. The summed E-state index contributed by atoms with van der Waals surface area (Å²) in [4.78, 5) is 36.1. The molecule has 2 aromatic heterocycles. The van der Waals surface area contributed by atoms with E-state index in [9.17, 15) is 22.8 Å². The van der Waals surface area contributed by atoms with Crippen molar-refractivity contribution >= 4 is 40.0 Å². The summed E-state index contributed by atoms with van der Waals surface area (Å²) in [7, 11) is 0. The largest absolute Gasteiger partial charge is 0.417 e. The number of pyridine rings is 2. The predicted octanol–water partition coefficient (Wildman–Crippen LogP) is 6.98. The Kier molecular flexibility index (Phi) is 6.26. The van der Waals surface area contributed by atoms with E-state index in [1.807, 2.05) is 24.3 Å². The molecule has 3 amide bonds. The number of alkyl halides is 3. The summed E-state index contributed by atoms with van der Waals surface area (Å²) in [5, 5.41) is 4.99. The van der Waals surface area contributed by atoms with Crippen LogP contribution in [0.15, 0.2) is 73.3 Å². The molecule has 198 valence electrons. The maximum absolute atomic E-state index is 13.6. The number of benzene rings is 2. The van der Waals surface area contributed by atoms with E-state index < -0.39 is 29.7 Å². The lowest BCUT2D eigenvalue weighted by atomic mass is 9.72. The highest BCUT2D eigenvalue weighted by molar-refractivity contribution is 6.32. The summed E-state index contributed by atoms with van der Waals surface area (Å²) >= 11 is 6.62. The lowest BCUT2D eigenvalue weighted by molar-refractivity contribution is -0.137. The number of nitrogens with one attached hydrogen (secondary N) is 1. The van der Waals surface area contributed by atoms with Gasteiger partial charge in [-0.2, -0.15) is 13.2 Å². The van der Waals surface area contributed by atoms with Crippen LogP contribution in [0.2, 0.25) is 5.02 Å². The number of amides is 3. The quantitative estimate of drug-likeness (QED) is 0.299. The van der Waals surface area contributed by atoms with Crippen molar-refractivity contribution in [3.8, 4) is 11.1 Å². The van der Waals surface area contributed by atoms with Gasteiger partial charge in [-0.15, -0.1) is 0 Å². The Bertz CT molecular complexity index is 1600. The van der Waals surface area contributed by atoms with Crippen LogP contribution in [0.5, 0.6) is 0 Å². The van der Waals surface area contributed by atoms with Crippen LogP contribution < -0.4 is 10.2 Å². The van der Waals surface area contributed by atoms with Crippen LogP contribution in [0.1, 0.15) is 36.3 Å². The molecular formula is C29H22ClF3N4O2. The summed E-state index contributed by atoms with van der Waals surface area (Å²) < 4.78 is 40.1. The van der Waals surface area contributed by atoms with Crippen molar-refractivity contribution in [1.29, 1.82) is 0 Å². The highest BCUT2D eigenvalue weighted by atomic mass is 35.5. The molecule has 1 aliphatic carbocycles. The number of imide groups is 1. The van der Waals surface area contributed by atoms with Crippen molar-refractivity contribution in [1.82, 2.24) is 15.3 Å². The molecule has 1 N–H and O–H groups in total. The number of fused-ring (bicyclic) bond motifs is 2. The van der Waals surface area contributed by atoms with E-state index in [0.29, 0.717) is 46.7 Å². The van der Waals surface area contributed by atoms with Gasteiger partial charge >= 0.3 is 12.2 Å². The van der Waals surface area contributed by atoms with E-state index in [2.05, 4.69) is 15.3 Å². The van der Waals surface area contributed by atoms with Gasteiger partial charge < -0.3 is 5.32 Å². The predicted molar refractivity (Wildman–Crippen MR) is 141 cm³/mol. The molecule has 4 aromatic rings. The lowest BCUT2D eigenvalue weighted by Gasteiger charge is -2.43. The van der Waals surface area contributed by atoms with Gasteiger partial charge in [-0.05, 0) is 48.4 Å². The Morgan fingerprint density at radius 1 is 0.949 bits per heavy atom. The molecule has 1 saturated heterocycles. The van der Waals surface area contributed by atoms with Gasteiger partial charge in [0.25, 0.3) is 0 Å². The van der Waals surface area contributed by atoms with E-state index in [0.717, 1.165) is 23.0 Å². The molecule has 0 radical (unpaired) electrons. The number of anilines is 1. The van der Waals surface area contributed by atoms with Crippen LogP contribution in [0.3, 0.4) is 0 Å². The number of rotatable bonds is 3. The third-order valence-corrected chi connectivity index (χ3v) is 7.96. The molecule has 2 aliphatic rings. The van der Waals surface area contributed by atoms with E-state index in [1.54, 1.807) is 24.4 Å². The van der Waals surface area contributed by atoms with E-state index in [-0.39, 0.29) is 11.8 Å². The highest BCUT2D eigenvalue weighted by Gasteiger charge is 2.46. The Morgan fingerprint density at radius 3 is 2.56 bits per heavy atom. The summed E-state index contributed by atoms with van der Waals surface area (Å²) in [6.45, 7) is 0. The first-order valence-electron chi connectivity index (χ1n) is 12.5. The third kappa shape index (κ3) is 4.50. The first-order valence-corrected chi connectivity index (χ1v) is 12.9. The second-order valence-electron chi connectivity index (χ2n) is 9.89. The number of carbonyl (C=O) groups excluding carboxylic acids is 2. The second kappa shape index (κ2) is 9.64. The van der Waals surface area contributed by atoms with Crippen molar-refractivity contribution < 1.29 is 22.8 Å². The van der Waals surface area contributed by atoms with E-state index in [1.165, 1.54) is 17.3 Å². The first-order chi connectivity index (χ1) is 18.7. The zero-order valence-corrected chi connectivity index (χ0v) is 21.2. The summed E-state index contributed by atoms with van der Waals surface area (Å²) in [6, 6.07) is 12.6. The number of carbonyl (C=O) groups is 2. The van der Waals surface area contributed by atoms with E-state index >= 15 is 0 Å². The normalized spacial score (nSPS) is 21.5. The molecular weight excluding hydrogens is 529 g/mol. The van der Waals surface area contributed by atoms with Crippen LogP contribution in [-0.2, 0) is 11.0 Å². The van der Waals surface area contributed by atoms with Gasteiger partial charge in [0.1, 0.15) is 0 Å². The van der Waals surface area contributed by atoms with Crippen molar-refractivity contribution in [3.05, 3.63) is 89.5 Å². The smallest absolute Gasteiger partial charge is 0.334 e. The molecule has 0 spiro atoms. The molecule has 39 heavy (non-hydrogen) atoms. The minimum atomic E-state index is -4.53. The van der Waals surface area contributed by atoms with Crippen LogP contribution in [0.25, 0.3) is 21.9 Å². The molecule has 3 atom stereocenters. The third-order valence-electron chi connectivity index (χ3n) is 7.63. The number of hydrogen-bond acceptors (Lipinski definition) is 4. The summed E-state index contributed by atoms with van der Waals surface area (Å²) in [6.07, 6.45) is 2.33. The van der Waals surface area contributed by atoms with Gasteiger partial charge in [0.15, 0.2) is 0 Å². The van der Waals surface area contributed by atoms with Crippen LogP contribution in [-0.4, -0.2) is 27.9 Å². The van der Waals surface area contributed by atoms with E-state index in [4.69, 9.17) is 11.6 Å². The summed E-state index contributed by atoms with van der Waals surface area (Å²) in [5.74, 6) is -0.913. The molecule has 0 bridgehead atoms. The first kappa shape index (κ1) is 25.3. The number of urea groups is 1. The topological polar surface area (TPSA) is 75.2 Å². The van der Waals surface area contributed by atoms with Crippen LogP contribution in [0, 0.1) is 5.92 Å². The second-order valence-corrected chi connectivity index (χ2v) is 10.3. The van der Waals surface area contributed by atoms with Crippen molar-refractivity contribution in [2.45, 2.75) is 37.4 Å². The maximum Gasteiger partial charge on any atom is 0.417 e. The fourth-order valence-electron chi connectivity index (χ4n) is 5.83. The van der Waals surface area contributed by atoms with Crippen LogP contribution >= 0.6 is 11.6 Å². The molecule has 3 unspecified atom stereocenters. The molecule has 1 aliphatic heterocycles. The molecule has 2 aromatic carbocycles. The Balaban J connectivity index is 1.31. The molecule has 2 fully saturated rings. The lowest BCUT2D eigenvalue weighted by Crippen LogP contribution is -2.61. The van der Waals surface area contributed by atoms with Gasteiger partial charge in [-0.1, -0.05) is 48.0 Å². The van der Waals surface area contributed by atoms with Gasteiger partial charge in [-0.25, -0.2) is 9.69 Å². The van der Waals surface area contributed by atoms with Crippen molar-refractivity contribution in [3.63, 3.8) is 0 Å². The van der Waals surface area contributed by atoms with Crippen LogP contribution in [0.4, 0.5) is 23.7 Å². The number of halogens is 4. The van der Waals surface area contributed by atoms with Gasteiger partial charge in [0.05, 0.1) is 23.4 Å². The minimum absolute atomic E-state index is 0.177. The molecule has 10 heteroatoms. The average molecular weight is 551 g/mol. The van der Waals surface area contributed by atoms with Crippen molar-refractivity contribution in [2.24, 2.45) is 5.92 Å². The number of hydrogen-bond donors (Lipinski definition) is 1. The number of aromatic nitrogens is 2. The van der Waals surface area contributed by atoms with Gasteiger partial charge in [0.2, 0.25) is 5.91 Å². The van der Waals surface area contributed by atoms with Gasteiger partial charge in [0, 0.05) is 46.0 Å². The SMILES string of the molecule is O=C1NC2CC(c3c(Cl)cccc3-c3cncc(C(F)(F)F)c3)CCC2C(=O)N1c1cncc2ccccc12. The molecule has 6 rings (SSSR count). The monoisotopic (exact) mass is 550 g/mol. The standard InChI is InChI=1S/C29H22ClF3N4O2/c30-23-7-3-6-21(18-10-19(14-34-13-18)29(31,32)33)26(23)16-8-9-22-24(11-16)36-28(39)37(27(22)38)25-15-35-12-17-4-1-2-5-20(17)25/h1-7,10,12-16,22,24H,8-9,11H2,(H,36,39). The molecule has 1 saturated carbocycles. The van der Waals surface area contributed by atoms with Gasteiger partial charge in [-0.3, -0.25) is 14.8 Å². The Morgan fingerprint density at radius 2 is 1.74 bits per heavy atom. The fraction of sp³-hybridized carbons (Fsp3) is 0.241. The zero-order valence-electron chi connectivity index (χ0n) is 20.5. The highest BCUT2D eigenvalue weighted by Crippen LogP contribution is 2.45. The maximum atomic E-state index is 13.6. The molecule has 3 heterocycles. The Labute approximate surface area is 226 Å². The average Bonchev–Trinajstić information content (AvgIpc) is 2.92. The van der Waals surface area contributed by atoms with Crippen molar-refractivity contribution in [2.75, 3.05) is 4.90 Å². The fourth-order valence-corrected chi connectivity index (χ4v) is 6.16. The minimum Gasteiger partial charge on any atom is -0.334 e. The number of nitrogens with zero attached hydrogens (tertiary/aromatic N) is 3.